The number of ether oxygens (including phenoxy) is 3. The number of aromatic amines is 2. The van der Waals surface area contributed by atoms with Gasteiger partial charge in [0.05, 0.1) is 62.3 Å². The lowest BCUT2D eigenvalue weighted by molar-refractivity contribution is -0.136. The van der Waals surface area contributed by atoms with E-state index in [1.165, 1.54) is 36.5 Å². The molecule has 6 atom stereocenters. The minimum Gasteiger partial charge on any atom is -0.453 e. The van der Waals surface area contributed by atoms with E-state index in [0.717, 1.165) is 83.8 Å². The number of nitrogens with zero attached hydrogens (tertiary/aromatic N) is 4. The highest BCUT2D eigenvalue weighted by Crippen LogP contribution is 2.56. The first-order valence-corrected chi connectivity index (χ1v) is 22.9. The summed E-state index contributed by atoms with van der Waals surface area (Å²) in [5.41, 5.74) is 10.8. The van der Waals surface area contributed by atoms with Gasteiger partial charge in [-0.1, -0.05) is 88.4 Å². The number of amides is 4. The van der Waals surface area contributed by atoms with Crippen molar-refractivity contribution in [3.05, 3.63) is 95.8 Å². The van der Waals surface area contributed by atoms with Crippen LogP contribution in [0.1, 0.15) is 113 Å². The number of likely N-dealkylation sites (tertiary alicyclic amines) is 2. The molecule has 2 unspecified atom stereocenters. The molecular formula is C50H58N8O7. The Balaban J connectivity index is 0.910. The number of benzene rings is 3. The highest BCUT2D eigenvalue weighted by Gasteiger charge is 2.42. The summed E-state index contributed by atoms with van der Waals surface area (Å²) in [7, 11) is 2.59. The molecule has 0 radical (unpaired) electrons. The van der Waals surface area contributed by atoms with E-state index in [1.807, 2.05) is 49.9 Å². The minimum absolute atomic E-state index is 0.0479. The summed E-state index contributed by atoms with van der Waals surface area (Å²) in [6.45, 7) is 8.83. The van der Waals surface area contributed by atoms with Crippen molar-refractivity contribution in [3.8, 4) is 44.8 Å². The zero-order chi connectivity index (χ0) is 45.5. The first-order chi connectivity index (χ1) is 31.4. The van der Waals surface area contributed by atoms with Crippen molar-refractivity contribution >= 4 is 24.0 Å². The van der Waals surface area contributed by atoms with E-state index in [0.29, 0.717) is 13.1 Å². The lowest BCUT2D eigenvalue weighted by Gasteiger charge is -2.30. The van der Waals surface area contributed by atoms with Crippen LogP contribution in [0.2, 0.25) is 0 Å². The van der Waals surface area contributed by atoms with Gasteiger partial charge >= 0.3 is 12.2 Å². The third-order valence-corrected chi connectivity index (χ3v) is 13.6. The van der Waals surface area contributed by atoms with Crippen LogP contribution in [0.5, 0.6) is 0 Å². The van der Waals surface area contributed by atoms with Crippen molar-refractivity contribution in [3.63, 3.8) is 0 Å². The fourth-order valence-electron chi connectivity index (χ4n) is 10.2. The lowest BCUT2D eigenvalue weighted by Crippen LogP contribution is -2.51. The summed E-state index contributed by atoms with van der Waals surface area (Å²) >= 11 is 0. The number of fused-ring (bicyclic) bond motifs is 5. The molecule has 3 fully saturated rings. The predicted octanol–water partition coefficient (Wildman–Crippen LogP) is 8.80. The van der Waals surface area contributed by atoms with Crippen molar-refractivity contribution in [2.45, 2.75) is 103 Å². The van der Waals surface area contributed by atoms with Gasteiger partial charge in [-0.3, -0.25) is 9.59 Å². The molecule has 15 heteroatoms. The maximum Gasteiger partial charge on any atom is 0.407 e. The highest BCUT2D eigenvalue weighted by molar-refractivity contribution is 5.87. The summed E-state index contributed by atoms with van der Waals surface area (Å²) in [5.74, 6) is 0.977. The second-order valence-corrected chi connectivity index (χ2v) is 18.3. The Hall–Kier alpha value is -6.48. The van der Waals surface area contributed by atoms with Gasteiger partial charge in [0.2, 0.25) is 11.8 Å². The van der Waals surface area contributed by atoms with Gasteiger partial charge in [0.1, 0.15) is 23.7 Å². The zero-order valence-corrected chi connectivity index (χ0v) is 37.9. The molecule has 0 spiro atoms. The van der Waals surface area contributed by atoms with Crippen LogP contribution in [0.4, 0.5) is 9.59 Å². The number of alkyl carbamates (subject to hydrolysis) is 2. The summed E-state index contributed by atoms with van der Waals surface area (Å²) in [6.07, 6.45) is 7.76. The van der Waals surface area contributed by atoms with E-state index in [1.54, 1.807) is 0 Å². The third kappa shape index (κ3) is 8.37. The van der Waals surface area contributed by atoms with Gasteiger partial charge in [-0.05, 0) is 94.9 Å². The van der Waals surface area contributed by atoms with Crippen molar-refractivity contribution < 1.29 is 33.4 Å². The van der Waals surface area contributed by atoms with E-state index >= 15 is 0 Å². The molecule has 0 saturated carbocycles. The molecule has 4 aliphatic heterocycles. The van der Waals surface area contributed by atoms with Crippen molar-refractivity contribution in [1.29, 1.82) is 0 Å². The van der Waals surface area contributed by atoms with Crippen LogP contribution < -0.4 is 10.6 Å². The standard InChI is InChI=1S/C50H58N8O7/c1-27(2)43(55-49(61)63-5)47(59)57-23-7-9-37(57)45-51-25-35(53-45)31-15-11-29(12-16-31)33-19-20-34(42-40-22-21-39(65-40)41(33)42)30-13-17-32(18-14-30)36-26-52-46(54-36)38-10-8-24-58(38)48(60)44(28(3)4)56-50(62)64-6/h11-20,25-28,37-40,43-44H,7-10,21-24H2,1-6H3,(H,51,53)(H,52,54)(H,55,61)(H,56,62)/t37-,38-,39?,40?,43-,44-/m0/s1. The Labute approximate surface area is 379 Å². The molecule has 4 amide bonds. The van der Waals surface area contributed by atoms with E-state index in [4.69, 9.17) is 24.2 Å². The van der Waals surface area contributed by atoms with Crippen LogP contribution >= 0.6 is 0 Å². The molecule has 3 saturated heterocycles. The first kappa shape index (κ1) is 43.8. The second-order valence-electron chi connectivity index (χ2n) is 18.3. The SMILES string of the molecule is COC(=O)N[C@H](C(=O)N1CCC[C@H]1c1ncc(-c2ccc(-c3ccc(-c4ccc(-c5cnc([C@@H]6CCCN6C(=O)[C@@H](NC(=O)OC)C(C)C)[nH]5)cc4)c4c3C3CCC4O3)cc2)[nH]1)C(C)C. The fourth-order valence-corrected chi connectivity index (χ4v) is 10.2. The number of H-pyrrole nitrogens is 2. The second kappa shape index (κ2) is 18.2. The maximum absolute atomic E-state index is 13.7. The Bertz CT molecular complexity index is 2390. The molecule has 0 aliphatic carbocycles. The van der Waals surface area contributed by atoms with E-state index in [9.17, 15) is 19.2 Å². The number of hydrogen-bond donors (Lipinski definition) is 4. The van der Waals surface area contributed by atoms with Gasteiger partial charge in [0.15, 0.2) is 0 Å². The first-order valence-electron chi connectivity index (χ1n) is 22.9. The normalized spacial score (nSPS) is 20.9. The van der Waals surface area contributed by atoms with Gasteiger partial charge in [-0.25, -0.2) is 19.6 Å². The van der Waals surface area contributed by atoms with Crippen LogP contribution in [0.3, 0.4) is 0 Å². The largest absolute Gasteiger partial charge is 0.453 e. The number of carbonyl (C=O) groups is 4. The van der Waals surface area contributed by atoms with Crippen molar-refractivity contribution in [1.82, 2.24) is 40.4 Å². The van der Waals surface area contributed by atoms with Gasteiger partial charge < -0.3 is 44.6 Å². The molecule has 4 aliphatic rings. The number of methoxy groups -OCH3 is 2. The highest BCUT2D eigenvalue weighted by atomic mass is 16.5. The summed E-state index contributed by atoms with van der Waals surface area (Å²) in [6, 6.07) is 19.7. The smallest absolute Gasteiger partial charge is 0.407 e. The molecule has 4 N–H and O–H groups in total. The van der Waals surface area contributed by atoms with Crippen molar-refractivity contribution in [2.24, 2.45) is 11.8 Å². The average molecular weight is 883 g/mol. The predicted molar refractivity (Wildman–Crippen MR) is 244 cm³/mol. The number of hydrogen-bond acceptors (Lipinski definition) is 9. The van der Waals surface area contributed by atoms with E-state index in [-0.39, 0.29) is 47.9 Å². The number of imidazole rings is 2. The molecule has 15 nitrogen and oxygen atoms in total. The maximum atomic E-state index is 13.7. The number of carbonyl (C=O) groups excluding carboxylic acids is 4. The van der Waals surface area contributed by atoms with Crippen LogP contribution in [-0.4, -0.2) is 93.1 Å². The fraction of sp³-hybridized carbons (Fsp3) is 0.440. The third-order valence-electron chi connectivity index (χ3n) is 13.6. The lowest BCUT2D eigenvalue weighted by atomic mass is 9.81. The Morgan fingerprint density at radius 1 is 0.600 bits per heavy atom. The molecule has 65 heavy (non-hydrogen) atoms. The Morgan fingerprint density at radius 3 is 1.35 bits per heavy atom. The minimum atomic E-state index is -0.691. The average Bonchev–Trinajstić information content (AvgIpc) is 4.19. The van der Waals surface area contributed by atoms with Gasteiger partial charge in [0, 0.05) is 13.1 Å². The molecular weight excluding hydrogens is 825 g/mol. The van der Waals surface area contributed by atoms with Crippen LogP contribution in [0.15, 0.2) is 73.1 Å². The van der Waals surface area contributed by atoms with Crippen LogP contribution in [-0.2, 0) is 23.8 Å². The topological polar surface area (TPSA) is 184 Å². The molecule has 340 valence electrons. The Kier molecular flexibility index (Phi) is 12.2. The molecule has 5 aromatic rings. The van der Waals surface area contributed by atoms with Crippen LogP contribution in [0.25, 0.3) is 44.8 Å². The van der Waals surface area contributed by atoms with Crippen molar-refractivity contribution in [2.75, 3.05) is 27.3 Å². The van der Waals surface area contributed by atoms with Crippen LogP contribution in [0, 0.1) is 11.8 Å². The summed E-state index contributed by atoms with van der Waals surface area (Å²) < 4.78 is 16.2. The van der Waals surface area contributed by atoms with Gasteiger partial charge in [-0.15, -0.1) is 0 Å². The molecule has 9 rings (SSSR count). The van der Waals surface area contributed by atoms with Gasteiger partial charge in [-0.2, -0.15) is 0 Å². The van der Waals surface area contributed by atoms with E-state index in [2.05, 4.69) is 81.3 Å². The molecule has 6 heterocycles. The zero-order valence-electron chi connectivity index (χ0n) is 37.9. The number of rotatable bonds is 12. The van der Waals surface area contributed by atoms with E-state index < -0.39 is 24.3 Å². The monoisotopic (exact) mass is 882 g/mol. The van der Waals surface area contributed by atoms with Gasteiger partial charge in [0.25, 0.3) is 0 Å². The quantitative estimate of drug-likeness (QED) is 0.0951. The number of aromatic nitrogens is 4. The Morgan fingerprint density at radius 2 is 0.985 bits per heavy atom. The molecule has 3 aromatic carbocycles. The summed E-state index contributed by atoms with van der Waals surface area (Å²) in [4.78, 5) is 71.5. The molecule has 2 bridgehead atoms. The molecule has 2 aromatic heterocycles. The summed E-state index contributed by atoms with van der Waals surface area (Å²) in [5, 5.41) is 5.43. The number of nitrogens with one attached hydrogen (secondary N) is 4.